The summed E-state index contributed by atoms with van der Waals surface area (Å²) in [7, 11) is 8.35. The van der Waals surface area contributed by atoms with Crippen LogP contribution in [0.5, 0.6) is 0 Å². The number of likely N-dealkylation sites (N-methyl/N-ethyl adjacent to an activating group) is 6. The third-order valence-corrected chi connectivity index (χ3v) is 22.4. The lowest BCUT2D eigenvalue weighted by Gasteiger charge is -2.46. The van der Waals surface area contributed by atoms with Crippen molar-refractivity contribution < 1.29 is 84.2 Å². The van der Waals surface area contributed by atoms with Crippen LogP contribution in [0.3, 0.4) is 0 Å². The maximum Gasteiger partial charge on any atom is 0.422 e. The van der Waals surface area contributed by atoms with Gasteiger partial charge in [0.05, 0.1) is 25.6 Å². The van der Waals surface area contributed by atoms with Gasteiger partial charge in [-0.05, 0) is 145 Å². The summed E-state index contributed by atoms with van der Waals surface area (Å²) in [6, 6.07) is -10.2. The molecule has 0 radical (unpaired) electrons. The van der Waals surface area contributed by atoms with Crippen LogP contribution in [-0.2, 0) is 74.9 Å². The molecule has 7 rings (SSSR count). The van der Waals surface area contributed by atoms with E-state index < -0.39 is 198 Å². The van der Waals surface area contributed by atoms with Gasteiger partial charge in [-0.1, -0.05) is 88.6 Å². The molecule has 12 amide bonds. The van der Waals surface area contributed by atoms with Crippen molar-refractivity contribution in [3.8, 4) is 0 Å². The minimum absolute atomic E-state index is 0.00123. The summed E-state index contributed by atoms with van der Waals surface area (Å²) in [4.78, 5) is 191. The highest BCUT2D eigenvalue weighted by Crippen LogP contribution is 2.39. The van der Waals surface area contributed by atoms with Crippen LogP contribution in [0.1, 0.15) is 161 Å². The van der Waals surface area contributed by atoms with Crippen molar-refractivity contribution in [2.75, 3.05) is 81.6 Å². The predicted molar refractivity (Wildman–Crippen MR) is 393 cm³/mol. The first-order valence-corrected chi connectivity index (χ1v) is 38.0. The van der Waals surface area contributed by atoms with E-state index in [1.54, 1.807) is 45.1 Å². The summed E-state index contributed by atoms with van der Waals surface area (Å²) < 4.78 is 78.1. The Bertz CT molecular complexity index is 3550. The third kappa shape index (κ3) is 21.3. The number of halogens is 5. The summed E-state index contributed by atoms with van der Waals surface area (Å²) in [6.45, 7) is 13.1. The summed E-state index contributed by atoms with van der Waals surface area (Å²) in [5, 5.41) is 11.3. The van der Waals surface area contributed by atoms with E-state index >= 15 is 37.5 Å². The quantitative estimate of drug-likeness (QED) is 0.0714. The number of hydrogen-bond acceptors (Lipinski definition) is 13. The number of allylic oxidation sites excluding steroid dienone is 6. The number of benzene rings is 1. The number of nitrogens with one attached hydrogen (secondary N) is 4. The van der Waals surface area contributed by atoms with Gasteiger partial charge in [0.25, 0.3) is 0 Å². The minimum Gasteiger partial charge on any atom is -0.377 e. The van der Waals surface area contributed by atoms with Crippen molar-refractivity contribution in [1.82, 2.24) is 60.5 Å². The average molecular weight is 1520 g/mol. The SMILES string of the molecule is C=CCCCCC1C(=O)NC(C(C)CC)C(=O)N(C)CC(=O)N(C)[C@H]2C/C=C\CCN(C2=O)C(CC2C=CC(C=C)=CC2)C(=O)N(C)CC(=O)N[C@@H](CCc2cc(F)c(C(F)(F)F)c(F)c2)C(=O)N2C[C@H](OCC)C[C@H]2C(=O)NC2(CCC2)C(=O)N(C)[C@@H](C2CCCC2)C(=O)N[C@H](C(=O)N(C)CC)CC(=O)N1C. The van der Waals surface area contributed by atoms with Crippen molar-refractivity contribution >= 4 is 70.9 Å². The minimum atomic E-state index is -5.42. The van der Waals surface area contributed by atoms with Gasteiger partial charge in [0.2, 0.25) is 70.9 Å². The fraction of sp³-hybridized carbons (Fsp3) is 0.641. The first kappa shape index (κ1) is 86.4. The standard InChI is InChI=1S/C78H111F5N12O13/c1-13-18-19-21-29-58-68(99)86-66(48(6)14-2)75(106)90(9)47-64(98)92(11)59-30-22-20-25-39-94(74(59)105)61(42-50-33-31-49(15-3)32-34-50)73(104)89(8)46-62(96)84-56(36-35-51-40-54(79)65(55(80)41-51)78(81,82)83)72(103)95-45-53(108-17-5)43-60(95)69(100)87-77(37-26-38-77)76(107)93(12)67(52-27-23-24-28-52)70(101)85-57(44-63(97)91(58)10)71(102)88(7)16-4/h13,15,20,22,31-33,40-41,48,50,52-53,56-61,66-67H,1,3,14,16-19,21,23-30,34-39,42-47H2,2,4-12H3,(H,84,96)(H,85,101)(H,86,99)(H,87,100)/b22-20-/t48?,50?,53-,56+,57+,58?,59+,60+,61?,66?,67+/m1/s1. The van der Waals surface area contributed by atoms with Crippen molar-refractivity contribution in [2.24, 2.45) is 17.8 Å². The number of carbonyl (C=O) groups is 12. The number of hydrogen-bond donors (Lipinski definition) is 4. The molecule has 1 spiro atoms. The second-order valence-electron chi connectivity index (χ2n) is 29.8. The van der Waals surface area contributed by atoms with Gasteiger partial charge in [-0.15, -0.1) is 6.58 Å². The molecule has 11 atom stereocenters. The Labute approximate surface area is 630 Å². The monoisotopic (exact) mass is 1520 g/mol. The number of carbonyl (C=O) groups excluding carboxylic acids is 12. The Balaban J connectivity index is 1.34. The van der Waals surface area contributed by atoms with Gasteiger partial charge in [-0.2, -0.15) is 13.2 Å². The molecular weight excluding hydrogens is 1410 g/mol. The summed E-state index contributed by atoms with van der Waals surface area (Å²) in [6.07, 6.45) is 9.84. The van der Waals surface area contributed by atoms with Gasteiger partial charge in [-0.25, -0.2) is 8.78 Å². The van der Waals surface area contributed by atoms with E-state index in [1.165, 1.54) is 66.8 Å². The molecule has 4 fully saturated rings. The molecule has 2 saturated heterocycles. The zero-order valence-corrected chi connectivity index (χ0v) is 64.2. The highest BCUT2D eigenvalue weighted by Gasteiger charge is 2.53. The topological polar surface area (TPSA) is 288 Å². The normalized spacial score (nSPS) is 27.0. The molecule has 108 heavy (non-hydrogen) atoms. The van der Waals surface area contributed by atoms with Crippen LogP contribution < -0.4 is 21.3 Å². The smallest absolute Gasteiger partial charge is 0.377 e. The first-order chi connectivity index (χ1) is 51.1. The van der Waals surface area contributed by atoms with Crippen LogP contribution in [0.2, 0.25) is 0 Å². The van der Waals surface area contributed by atoms with E-state index in [9.17, 15) is 41.9 Å². The van der Waals surface area contributed by atoms with Gasteiger partial charge >= 0.3 is 6.18 Å². The van der Waals surface area contributed by atoms with E-state index in [-0.39, 0.29) is 82.7 Å². The molecule has 0 aromatic heterocycles. The zero-order valence-electron chi connectivity index (χ0n) is 64.2. The number of alkyl halides is 3. The lowest BCUT2D eigenvalue weighted by atomic mass is 9.74. The van der Waals surface area contributed by atoms with Crippen LogP contribution in [0, 0.1) is 29.4 Å². The molecule has 5 unspecified atom stereocenters. The number of ether oxygens (including phenoxy) is 1. The van der Waals surface area contributed by atoms with Crippen LogP contribution in [0.25, 0.3) is 0 Å². The van der Waals surface area contributed by atoms with E-state index in [0.29, 0.717) is 76.3 Å². The van der Waals surface area contributed by atoms with Gasteiger partial charge in [0, 0.05) is 74.9 Å². The van der Waals surface area contributed by atoms with Crippen LogP contribution in [0.4, 0.5) is 22.0 Å². The number of unbranched alkanes of at least 4 members (excludes halogenated alkanes) is 2. The molecule has 596 valence electrons. The Morgan fingerprint density at radius 2 is 1.43 bits per heavy atom. The number of fused-ring (bicyclic) bond motifs is 3. The molecule has 1 aromatic rings. The summed E-state index contributed by atoms with van der Waals surface area (Å²) >= 11 is 0. The van der Waals surface area contributed by atoms with Gasteiger partial charge in [-0.3, -0.25) is 57.5 Å². The van der Waals surface area contributed by atoms with Crippen molar-refractivity contribution in [3.63, 3.8) is 0 Å². The highest BCUT2D eigenvalue weighted by atomic mass is 19.4. The molecule has 3 heterocycles. The molecule has 3 aliphatic heterocycles. The largest absolute Gasteiger partial charge is 0.422 e. The van der Waals surface area contributed by atoms with Gasteiger partial charge < -0.3 is 65.2 Å². The molecule has 6 aliphatic rings. The molecule has 25 nitrogen and oxygen atoms in total. The second kappa shape index (κ2) is 39.0. The van der Waals surface area contributed by atoms with E-state index in [2.05, 4.69) is 34.4 Å². The first-order valence-electron chi connectivity index (χ1n) is 38.0. The van der Waals surface area contributed by atoms with Gasteiger partial charge in [0.15, 0.2) is 0 Å². The number of nitrogens with zero attached hydrogens (tertiary/aromatic N) is 8. The maximum absolute atomic E-state index is 15.5. The maximum atomic E-state index is 15.5. The zero-order chi connectivity index (χ0) is 79.6. The lowest BCUT2D eigenvalue weighted by molar-refractivity contribution is -0.153. The number of rotatable bonds is 18. The Kier molecular flexibility index (Phi) is 31.2. The Hall–Kier alpha value is -8.83. The lowest BCUT2D eigenvalue weighted by Crippen LogP contribution is -2.68. The fourth-order valence-corrected chi connectivity index (χ4v) is 15.4. The molecule has 2 bridgehead atoms. The van der Waals surface area contributed by atoms with Crippen LogP contribution >= 0.6 is 0 Å². The molecule has 30 heteroatoms. The van der Waals surface area contributed by atoms with E-state index in [1.807, 2.05) is 25.2 Å². The van der Waals surface area contributed by atoms with E-state index in [4.69, 9.17) is 4.74 Å². The summed E-state index contributed by atoms with van der Waals surface area (Å²) in [5.41, 5.74) is -3.35. The Morgan fingerprint density at radius 3 is 2.02 bits per heavy atom. The van der Waals surface area contributed by atoms with Gasteiger partial charge in [0.1, 0.15) is 71.1 Å². The average Bonchev–Trinajstić information content (AvgIpc) is 1.24. The van der Waals surface area contributed by atoms with Crippen molar-refractivity contribution in [2.45, 2.75) is 222 Å². The predicted octanol–water partition coefficient (Wildman–Crippen LogP) is 6.30. The molecule has 1 aromatic carbocycles. The Morgan fingerprint density at radius 1 is 0.750 bits per heavy atom. The van der Waals surface area contributed by atoms with Crippen LogP contribution in [0.15, 0.2) is 73.4 Å². The molecular formula is C78H111F5N12O13. The molecule has 3 aliphatic carbocycles. The van der Waals surface area contributed by atoms with Crippen molar-refractivity contribution in [1.29, 1.82) is 0 Å². The second-order valence-corrected chi connectivity index (χ2v) is 29.8. The fourth-order valence-electron chi connectivity index (χ4n) is 15.4. The molecule has 4 N–H and O–H groups in total. The number of aryl methyl sites for hydroxylation is 1. The van der Waals surface area contributed by atoms with Crippen molar-refractivity contribution in [3.05, 3.63) is 96.2 Å². The molecule has 2 saturated carbocycles. The third-order valence-electron chi connectivity index (χ3n) is 22.4. The number of amides is 12. The van der Waals surface area contributed by atoms with Crippen LogP contribution in [-0.4, -0.2) is 252 Å². The highest BCUT2D eigenvalue weighted by molar-refractivity contribution is 6.01. The van der Waals surface area contributed by atoms with E-state index in [0.717, 1.165) is 20.3 Å². The summed E-state index contributed by atoms with van der Waals surface area (Å²) in [5.74, 6) is -14.4.